The molecule has 2 aliphatic heterocycles. The van der Waals surface area contributed by atoms with Gasteiger partial charge in [-0.1, -0.05) is 6.04 Å². The smallest absolute Gasteiger partial charge is 0.174 e. The monoisotopic (exact) mass is 304 g/mol. The predicted molar refractivity (Wildman–Crippen MR) is 81.6 cm³/mol. The molecule has 4 heteroatoms. The average molecular weight is 304 g/mol. The van der Waals surface area contributed by atoms with Crippen LogP contribution in [0.15, 0.2) is 12.1 Å². The second-order valence-electron chi connectivity index (χ2n) is 6.83. The zero-order valence-corrected chi connectivity index (χ0v) is 12.4. The van der Waals surface area contributed by atoms with Gasteiger partial charge in [0.05, 0.1) is 9.85 Å². The summed E-state index contributed by atoms with van der Waals surface area (Å²) in [6.45, 7) is -1.86. The van der Waals surface area contributed by atoms with Crippen molar-refractivity contribution in [1.29, 1.82) is 0 Å². The summed E-state index contributed by atoms with van der Waals surface area (Å²) in [5, 5.41) is 0. The molecule has 4 atom stereocenters. The van der Waals surface area contributed by atoms with Crippen molar-refractivity contribution in [2.75, 3.05) is 20.6 Å². The van der Waals surface area contributed by atoms with E-state index in [0.29, 0.717) is 43.5 Å². The molecule has 1 saturated carbocycles. The Bertz CT molecular complexity index is 870. The van der Waals surface area contributed by atoms with Crippen molar-refractivity contribution in [3.8, 4) is 11.5 Å². The van der Waals surface area contributed by atoms with Crippen molar-refractivity contribution in [3.05, 3.63) is 23.2 Å². The zero-order chi connectivity index (χ0) is 19.3. The van der Waals surface area contributed by atoms with Crippen LogP contribution in [0.5, 0.6) is 11.5 Å². The van der Waals surface area contributed by atoms with Crippen LogP contribution in [0.25, 0.3) is 0 Å². The minimum absolute atomic E-state index is 0.0104. The summed E-state index contributed by atoms with van der Waals surface area (Å²) in [6.07, 6.45) is 1.24. The van der Waals surface area contributed by atoms with Gasteiger partial charge in [-0.25, -0.2) is 0 Å². The molecular formula is C18H21NO3. The average Bonchev–Trinajstić information content (AvgIpc) is 2.92. The lowest BCUT2D eigenvalue weighted by molar-refractivity contribution is -0.138. The number of ketones is 1. The normalized spacial score (nSPS) is 42.3. The lowest BCUT2D eigenvalue weighted by Gasteiger charge is -2.57. The molecular weight excluding hydrogens is 278 g/mol. The maximum atomic E-state index is 12.8. The molecule has 2 fully saturated rings. The summed E-state index contributed by atoms with van der Waals surface area (Å²) in [5.74, 6) is 0.658. The number of likely N-dealkylation sites (N-methyl/N-ethyl adjacent to an activating group) is 1. The fourth-order valence-corrected chi connectivity index (χ4v) is 5.30. The van der Waals surface area contributed by atoms with Crippen molar-refractivity contribution in [1.82, 2.24) is 4.90 Å². The maximum absolute atomic E-state index is 12.8. The van der Waals surface area contributed by atoms with Crippen molar-refractivity contribution < 1.29 is 21.1 Å². The third-order valence-corrected chi connectivity index (χ3v) is 6.14. The minimum atomic E-state index is -2.22. The molecule has 0 aromatic heterocycles. The standard InChI is InChI=1S/C18H21NO3/c1-19-8-7-18-11-4-5-13(20)17(18)22-16-14(21-2)6-3-10(15(16)18)9-12(11)19/h3,6,11-12,17H,4-5,7-9H2,1-2H3/t11-,12+,17?,18-/m0/s1/i1D3,3D,6D. The van der Waals surface area contributed by atoms with Crippen molar-refractivity contribution >= 4 is 5.78 Å². The van der Waals surface area contributed by atoms with Gasteiger partial charge in [-0.3, -0.25) is 4.79 Å². The Morgan fingerprint density at radius 3 is 3.27 bits per heavy atom. The van der Waals surface area contributed by atoms with Gasteiger partial charge in [0.1, 0.15) is 0 Å². The first-order chi connectivity index (χ1) is 12.7. The van der Waals surface area contributed by atoms with Crippen LogP contribution in [0.2, 0.25) is 0 Å². The van der Waals surface area contributed by atoms with Gasteiger partial charge < -0.3 is 14.4 Å². The van der Waals surface area contributed by atoms with Crippen LogP contribution in [0.1, 0.15) is 37.2 Å². The van der Waals surface area contributed by atoms with E-state index in [1.165, 1.54) is 7.11 Å². The van der Waals surface area contributed by atoms with E-state index in [4.69, 9.17) is 16.3 Å². The number of carbonyl (C=O) groups is 1. The quantitative estimate of drug-likeness (QED) is 0.795. The highest BCUT2D eigenvalue weighted by atomic mass is 16.5. The minimum Gasteiger partial charge on any atom is -0.493 e. The molecule has 2 heterocycles. The molecule has 1 aromatic rings. The number of piperidine rings is 1. The number of rotatable bonds is 1. The van der Waals surface area contributed by atoms with E-state index in [1.54, 1.807) is 4.90 Å². The Morgan fingerprint density at radius 1 is 1.55 bits per heavy atom. The molecule has 2 bridgehead atoms. The number of Topliss-reactive ketones (excluding diaryl/α,β-unsaturated/α-hetero) is 1. The van der Waals surface area contributed by atoms with Crippen LogP contribution in [0, 0.1) is 5.92 Å². The molecule has 116 valence electrons. The highest BCUT2D eigenvalue weighted by Gasteiger charge is 2.65. The van der Waals surface area contributed by atoms with Gasteiger partial charge in [0.2, 0.25) is 0 Å². The van der Waals surface area contributed by atoms with E-state index in [0.717, 1.165) is 5.56 Å². The molecule has 2 aliphatic carbocycles. The summed E-state index contributed by atoms with van der Waals surface area (Å²) in [5.41, 5.74) is 0.898. The van der Waals surface area contributed by atoms with E-state index in [9.17, 15) is 4.79 Å². The zero-order valence-electron chi connectivity index (χ0n) is 17.4. The lowest BCUT2D eigenvalue weighted by Crippen LogP contribution is -2.65. The first kappa shape index (κ1) is 8.92. The molecule has 0 N–H and O–H groups in total. The van der Waals surface area contributed by atoms with Crippen LogP contribution in [0.3, 0.4) is 0 Å². The topological polar surface area (TPSA) is 38.8 Å². The molecule has 1 spiro atoms. The van der Waals surface area contributed by atoms with E-state index < -0.39 is 18.5 Å². The van der Waals surface area contributed by atoms with Crippen LogP contribution in [0.4, 0.5) is 0 Å². The van der Waals surface area contributed by atoms with Crippen LogP contribution >= 0.6 is 0 Å². The van der Waals surface area contributed by atoms with Gasteiger partial charge in [0, 0.05) is 27.6 Å². The van der Waals surface area contributed by atoms with E-state index in [2.05, 4.69) is 0 Å². The molecule has 4 aliphatic rings. The van der Waals surface area contributed by atoms with Crippen LogP contribution in [-0.4, -0.2) is 43.5 Å². The lowest BCUT2D eigenvalue weighted by atomic mass is 9.52. The number of carbonyl (C=O) groups excluding carboxylic acids is 1. The van der Waals surface area contributed by atoms with E-state index in [1.807, 2.05) is 0 Å². The molecule has 1 aromatic carbocycles. The Labute approximate surface area is 137 Å². The molecule has 0 radical (unpaired) electrons. The number of methoxy groups -OCH3 is 1. The molecule has 1 unspecified atom stereocenters. The second kappa shape index (κ2) is 4.05. The van der Waals surface area contributed by atoms with Gasteiger partial charge in [-0.15, -0.1) is 0 Å². The molecule has 22 heavy (non-hydrogen) atoms. The SMILES string of the molecule is [2H]c1c([2H])c(OC)c2c3c1C[C@@H]1[C@@H]4CCC(=O)C(O2)[C@]34CCN1C([2H])([2H])[2H]. The molecule has 1 saturated heterocycles. The summed E-state index contributed by atoms with van der Waals surface area (Å²) in [6, 6.07) is -0.283. The van der Waals surface area contributed by atoms with Gasteiger partial charge in [0.15, 0.2) is 23.4 Å². The highest BCUT2D eigenvalue weighted by molar-refractivity contribution is 5.89. The molecule has 4 nitrogen and oxygen atoms in total. The van der Waals surface area contributed by atoms with Crippen LogP contribution < -0.4 is 9.47 Å². The summed E-state index contributed by atoms with van der Waals surface area (Å²) in [7, 11) is 1.45. The summed E-state index contributed by atoms with van der Waals surface area (Å²) < 4.78 is 52.2. The second-order valence-corrected chi connectivity index (χ2v) is 6.83. The largest absolute Gasteiger partial charge is 0.493 e. The number of hydrogen-bond acceptors (Lipinski definition) is 4. The number of hydrogen-bond donors (Lipinski definition) is 0. The number of likely N-dealkylation sites (tertiary alicyclic amines) is 1. The summed E-state index contributed by atoms with van der Waals surface area (Å²) >= 11 is 0. The van der Waals surface area contributed by atoms with Crippen LogP contribution in [-0.2, 0) is 16.6 Å². The van der Waals surface area contributed by atoms with Gasteiger partial charge >= 0.3 is 0 Å². The fraction of sp³-hybridized carbons (Fsp3) is 0.611. The third kappa shape index (κ3) is 1.27. The number of ether oxygens (including phenoxy) is 2. The fourth-order valence-electron chi connectivity index (χ4n) is 5.30. The van der Waals surface area contributed by atoms with Gasteiger partial charge in [0.25, 0.3) is 0 Å². The number of benzene rings is 1. The maximum Gasteiger partial charge on any atom is 0.174 e. The first-order valence-corrected chi connectivity index (χ1v) is 7.88. The molecule has 0 amide bonds. The summed E-state index contributed by atoms with van der Waals surface area (Å²) in [4.78, 5) is 14.3. The Morgan fingerprint density at radius 2 is 2.45 bits per heavy atom. The Hall–Kier alpha value is -1.55. The van der Waals surface area contributed by atoms with Crippen molar-refractivity contribution in [3.63, 3.8) is 0 Å². The first-order valence-electron chi connectivity index (χ1n) is 10.4. The highest BCUT2D eigenvalue weighted by Crippen LogP contribution is 2.62. The van der Waals surface area contributed by atoms with Crippen molar-refractivity contribution in [2.45, 2.75) is 43.2 Å². The predicted octanol–water partition coefficient (Wildman–Crippen LogP) is 1.93. The third-order valence-electron chi connectivity index (χ3n) is 6.14. The molecule has 5 rings (SSSR count). The van der Waals surface area contributed by atoms with Gasteiger partial charge in [-0.05, 0) is 50.3 Å². The van der Waals surface area contributed by atoms with E-state index >= 15 is 0 Å². The van der Waals surface area contributed by atoms with E-state index in [-0.39, 0.29) is 35.6 Å². The van der Waals surface area contributed by atoms with Crippen molar-refractivity contribution in [2.24, 2.45) is 5.92 Å². The van der Waals surface area contributed by atoms with Gasteiger partial charge in [-0.2, -0.15) is 0 Å². The number of nitrogens with zero attached hydrogens (tertiary/aromatic N) is 1. The Balaban J connectivity index is 1.80. The Kier molecular flexibility index (Phi) is 1.64.